The van der Waals surface area contributed by atoms with Crippen LogP contribution < -0.4 is 10.5 Å². The van der Waals surface area contributed by atoms with Crippen molar-refractivity contribution in [2.45, 2.75) is 38.3 Å². The number of hydrogen-bond donors (Lipinski definition) is 1. The Morgan fingerprint density at radius 2 is 1.76 bits per heavy atom. The van der Waals surface area contributed by atoms with Gasteiger partial charge >= 0.3 is 0 Å². The Morgan fingerprint density at radius 1 is 1.05 bits per heavy atom. The van der Waals surface area contributed by atoms with Gasteiger partial charge in [0.1, 0.15) is 11.9 Å². The zero-order valence-corrected chi connectivity index (χ0v) is 12.9. The van der Waals surface area contributed by atoms with E-state index in [9.17, 15) is 0 Å². The van der Waals surface area contributed by atoms with Gasteiger partial charge in [0.25, 0.3) is 0 Å². The van der Waals surface area contributed by atoms with E-state index in [1.165, 1.54) is 24.0 Å². The van der Waals surface area contributed by atoms with Crippen molar-refractivity contribution in [1.82, 2.24) is 0 Å². The van der Waals surface area contributed by atoms with Crippen LogP contribution in [0.25, 0.3) is 0 Å². The van der Waals surface area contributed by atoms with Gasteiger partial charge in [-0.2, -0.15) is 0 Å². The van der Waals surface area contributed by atoms with Crippen LogP contribution in [0.15, 0.2) is 42.5 Å². The predicted octanol–water partition coefficient (Wildman–Crippen LogP) is 4.30. The zero-order valence-electron chi connectivity index (χ0n) is 12.2. The van der Waals surface area contributed by atoms with E-state index in [0.717, 1.165) is 22.8 Å². The summed E-state index contributed by atoms with van der Waals surface area (Å²) in [5.74, 6) is 0.896. The van der Waals surface area contributed by atoms with Gasteiger partial charge in [0.05, 0.1) is 0 Å². The molecule has 2 atom stereocenters. The highest BCUT2D eigenvalue weighted by molar-refractivity contribution is 6.30. The highest BCUT2D eigenvalue weighted by Crippen LogP contribution is 2.30. The Bertz CT molecular complexity index is 622. The van der Waals surface area contributed by atoms with Crippen molar-refractivity contribution in [3.63, 3.8) is 0 Å². The van der Waals surface area contributed by atoms with Crippen LogP contribution in [0.1, 0.15) is 36.1 Å². The van der Waals surface area contributed by atoms with Crippen LogP contribution in [-0.2, 0) is 12.8 Å². The molecule has 1 aliphatic carbocycles. The first-order chi connectivity index (χ1) is 10.1. The molecular weight excluding hydrogens is 282 g/mol. The molecule has 3 rings (SSSR count). The van der Waals surface area contributed by atoms with Crippen molar-refractivity contribution in [2.75, 3.05) is 0 Å². The van der Waals surface area contributed by atoms with Gasteiger partial charge in [0.15, 0.2) is 0 Å². The maximum atomic E-state index is 6.16. The zero-order chi connectivity index (χ0) is 14.8. The summed E-state index contributed by atoms with van der Waals surface area (Å²) in [7, 11) is 0. The monoisotopic (exact) mass is 301 g/mol. The lowest BCUT2D eigenvalue weighted by molar-refractivity contribution is 0.180. The molecule has 1 aliphatic rings. The molecule has 0 heterocycles. The Kier molecular flexibility index (Phi) is 4.18. The third-order valence-corrected chi connectivity index (χ3v) is 4.26. The quantitative estimate of drug-likeness (QED) is 0.914. The summed E-state index contributed by atoms with van der Waals surface area (Å²) in [6.07, 6.45) is 3.41. The molecular formula is C18H20ClNO. The van der Waals surface area contributed by atoms with E-state index in [-0.39, 0.29) is 12.1 Å². The molecule has 0 spiro atoms. The van der Waals surface area contributed by atoms with Gasteiger partial charge in [0.2, 0.25) is 0 Å². The second-order valence-electron chi connectivity index (χ2n) is 5.73. The van der Waals surface area contributed by atoms with Crippen molar-refractivity contribution in [3.05, 3.63) is 64.2 Å². The third-order valence-electron chi connectivity index (χ3n) is 4.01. The first-order valence-corrected chi connectivity index (χ1v) is 7.81. The van der Waals surface area contributed by atoms with Gasteiger partial charge in [-0.15, -0.1) is 0 Å². The predicted molar refractivity (Wildman–Crippen MR) is 86.9 cm³/mol. The largest absolute Gasteiger partial charge is 0.484 e. The first kappa shape index (κ1) is 14.4. The molecule has 0 saturated heterocycles. The number of fused-ring (bicyclic) bond motifs is 1. The fraction of sp³-hybridized carbons (Fsp3) is 0.333. The summed E-state index contributed by atoms with van der Waals surface area (Å²) in [5.41, 5.74) is 10.0. The van der Waals surface area contributed by atoms with Crippen molar-refractivity contribution in [3.8, 4) is 5.75 Å². The highest BCUT2D eigenvalue weighted by Gasteiger charge is 2.19. The smallest absolute Gasteiger partial charge is 0.138 e. The Balaban J connectivity index is 1.84. The number of ether oxygens (including phenoxy) is 1. The lowest BCUT2D eigenvalue weighted by atomic mass is 10.0. The standard InChI is InChI=1S/C18H20ClNO/c1-12(20)18(14-5-8-16(19)9-6-14)21-17-10-7-13-3-2-4-15(13)11-17/h5-12,18H,2-4,20H2,1H3. The van der Waals surface area contributed by atoms with Gasteiger partial charge in [-0.05, 0) is 67.1 Å². The number of aryl methyl sites for hydroxylation is 2. The fourth-order valence-electron chi connectivity index (χ4n) is 2.90. The van der Waals surface area contributed by atoms with Crippen molar-refractivity contribution >= 4 is 11.6 Å². The van der Waals surface area contributed by atoms with Gasteiger partial charge in [-0.3, -0.25) is 0 Å². The number of halogens is 1. The Morgan fingerprint density at radius 3 is 2.48 bits per heavy atom. The minimum atomic E-state index is -0.165. The molecule has 2 unspecified atom stereocenters. The highest BCUT2D eigenvalue weighted by atomic mass is 35.5. The van der Waals surface area contributed by atoms with Crippen LogP contribution >= 0.6 is 11.6 Å². The molecule has 2 aromatic carbocycles. The minimum absolute atomic E-state index is 0.0977. The lowest BCUT2D eigenvalue weighted by Gasteiger charge is -2.23. The number of nitrogens with two attached hydrogens (primary N) is 1. The average molecular weight is 302 g/mol. The molecule has 0 fully saturated rings. The van der Waals surface area contributed by atoms with Gasteiger partial charge in [0, 0.05) is 11.1 Å². The Labute approximate surface area is 130 Å². The van der Waals surface area contributed by atoms with E-state index in [2.05, 4.69) is 18.2 Å². The molecule has 2 N–H and O–H groups in total. The molecule has 2 aromatic rings. The van der Waals surface area contributed by atoms with Crippen molar-refractivity contribution in [2.24, 2.45) is 5.73 Å². The normalized spacial score (nSPS) is 16.3. The second-order valence-corrected chi connectivity index (χ2v) is 6.17. The molecule has 2 nitrogen and oxygen atoms in total. The summed E-state index contributed by atoms with van der Waals surface area (Å²) in [6.45, 7) is 1.96. The molecule has 0 amide bonds. The molecule has 110 valence electrons. The molecule has 3 heteroatoms. The van der Waals surface area contributed by atoms with Gasteiger partial charge in [-0.25, -0.2) is 0 Å². The van der Waals surface area contributed by atoms with E-state index in [4.69, 9.17) is 22.1 Å². The number of rotatable bonds is 4. The minimum Gasteiger partial charge on any atom is -0.484 e. The molecule has 0 aliphatic heterocycles. The molecule has 0 aromatic heterocycles. The van der Waals surface area contributed by atoms with Crippen LogP contribution in [0.5, 0.6) is 5.75 Å². The van der Waals surface area contributed by atoms with E-state index >= 15 is 0 Å². The maximum absolute atomic E-state index is 6.16. The average Bonchev–Trinajstić information content (AvgIpc) is 2.93. The van der Waals surface area contributed by atoms with Crippen LogP contribution in [0.4, 0.5) is 0 Å². The second kappa shape index (κ2) is 6.08. The van der Waals surface area contributed by atoms with E-state index in [1.807, 2.05) is 31.2 Å². The van der Waals surface area contributed by atoms with Crippen LogP contribution in [0, 0.1) is 0 Å². The van der Waals surface area contributed by atoms with E-state index in [0.29, 0.717) is 0 Å². The summed E-state index contributed by atoms with van der Waals surface area (Å²) in [4.78, 5) is 0. The SMILES string of the molecule is CC(N)C(Oc1ccc2c(c1)CCC2)c1ccc(Cl)cc1. The summed E-state index contributed by atoms with van der Waals surface area (Å²) in [6, 6.07) is 14.0. The van der Waals surface area contributed by atoms with Crippen LogP contribution in [0.3, 0.4) is 0 Å². The number of hydrogen-bond acceptors (Lipinski definition) is 2. The molecule has 0 bridgehead atoms. The topological polar surface area (TPSA) is 35.2 Å². The van der Waals surface area contributed by atoms with Crippen LogP contribution in [0.2, 0.25) is 5.02 Å². The van der Waals surface area contributed by atoms with E-state index < -0.39 is 0 Å². The molecule has 0 radical (unpaired) electrons. The van der Waals surface area contributed by atoms with Gasteiger partial charge in [-0.1, -0.05) is 29.8 Å². The maximum Gasteiger partial charge on any atom is 0.138 e. The van der Waals surface area contributed by atoms with Gasteiger partial charge < -0.3 is 10.5 Å². The molecule has 0 saturated carbocycles. The summed E-state index contributed by atoms with van der Waals surface area (Å²) in [5, 5.41) is 0.722. The summed E-state index contributed by atoms with van der Waals surface area (Å²) < 4.78 is 6.16. The molecule has 21 heavy (non-hydrogen) atoms. The lowest BCUT2D eigenvalue weighted by Crippen LogP contribution is -2.29. The van der Waals surface area contributed by atoms with Crippen molar-refractivity contribution < 1.29 is 4.74 Å². The van der Waals surface area contributed by atoms with Crippen molar-refractivity contribution in [1.29, 1.82) is 0 Å². The van der Waals surface area contributed by atoms with E-state index in [1.54, 1.807) is 0 Å². The first-order valence-electron chi connectivity index (χ1n) is 7.43. The Hall–Kier alpha value is -1.51. The number of benzene rings is 2. The summed E-state index contributed by atoms with van der Waals surface area (Å²) >= 11 is 5.95. The van der Waals surface area contributed by atoms with Crippen LogP contribution in [-0.4, -0.2) is 6.04 Å². The fourth-order valence-corrected chi connectivity index (χ4v) is 3.03. The third kappa shape index (κ3) is 3.22.